The molecule has 17 heavy (non-hydrogen) atoms. The lowest BCUT2D eigenvalue weighted by Gasteiger charge is -2.22. The molecule has 1 aliphatic heterocycles. The molecule has 1 aromatic rings. The van der Waals surface area contributed by atoms with Gasteiger partial charge in [-0.2, -0.15) is 0 Å². The summed E-state index contributed by atoms with van der Waals surface area (Å²) in [6.07, 6.45) is 7.20. The second-order valence-corrected chi connectivity index (χ2v) is 5.85. The van der Waals surface area contributed by atoms with Crippen molar-refractivity contribution in [3.05, 3.63) is 11.1 Å². The summed E-state index contributed by atoms with van der Waals surface area (Å²) < 4.78 is 0. The van der Waals surface area contributed by atoms with Gasteiger partial charge in [-0.05, 0) is 32.2 Å². The highest BCUT2D eigenvalue weighted by Crippen LogP contribution is 2.25. The molecule has 4 heteroatoms. The first-order valence-electron chi connectivity index (χ1n) is 6.76. The number of nitrogens with one attached hydrogen (secondary N) is 1. The van der Waals surface area contributed by atoms with Gasteiger partial charge >= 0.3 is 0 Å². The molecule has 1 aliphatic rings. The molecule has 2 rings (SSSR count). The van der Waals surface area contributed by atoms with E-state index in [4.69, 9.17) is 0 Å². The SMILES string of the molecule is CCCNc1ncc(CN2CCCC2CC)s1. The summed E-state index contributed by atoms with van der Waals surface area (Å²) in [5, 5.41) is 4.43. The molecule has 96 valence electrons. The molecule has 0 aliphatic carbocycles. The zero-order valence-electron chi connectivity index (χ0n) is 10.9. The highest BCUT2D eigenvalue weighted by molar-refractivity contribution is 7.15. The summed E-state index contributed by atoms with van der Waals surface area (Å²) >= 11 is 1.81. The van der Waals surface area contributed by atoms with Crippen LogP contribution in [0.2, 0.25) is 0 Å². The van der Waals surface area contributed by atoms with E-state index < -0.39 is 0 Å². The monoisotopic (exact) mass is 253 g/mol. The predicted octanol–water partition coefficient (Wildman–Crippen LogP) is 3.34. The van der Waals surface area contributed by atoms with E-state index in [1.807, 2.05) is 17.5 Å². The number of thiazole rings is 1. The van der Waals surface area contributed by atoms with Gasteiger partial charge in [0, 0.05) is 30.2 Å². The van der Waals surface area contributed by atoms with E-state index in [1.165, 1.54) is 30.7 Å². The maximum absolute atomic E-state index is 4.43. The van der Waals surface area contributed by atoms with Crippen LogP contribution >= 0.6 is 11.3 Å². The van der Waals surface area contributed by atoms with Crippen molar-refractivity contribution in [2.45, 2.75) is 52.1 Å². The average molecular weight is 253 g/mol. The van der Waals surface area contributed by atoms with Crippen molar-refractivity contribution in [3.8, 4) is 0 Å². The molecular weight excluding hydrogens is 230 g/mol. The van der Waals surface area contributed by atoms with Gasteiger partial charge in [0.1, 0.15) is 0 Å². The van der Waals surface area contributed by atoms with Gasteiger partial charge in [0.2, 0.25) is 0 Å². The van der Waals surface area contributed by atoms with E-state index in [0.29, 0.717) is 0 Å². The largest absolute Gasteiger partial charge is 0.362 e. The Bertz CT molecular complexity index is 337. The fourth-order valence-electron chi connectivity index (χ4n) is 2.46. The van der Waals surface area contributed by atoms with Crippen molar-refractivity contribution in [1.29, 1.82) is 0 Å². The highest BCUT2D eigenvalue weighted by atomic mass is 32.1. The fraction of sp³-hybridized carbons (Fsp3) is 0.769. The Balaban J connectivity index is 1.87. The van der Waals surface area contributed by atoms with E-state index in [0.717, 1.165) is 30.7 Å². The number of aromatic nitrogens is 1. The summed E-state index contributed by atoms with van der Waals surface area (Å²) in [5.41, 5.74) is 0. The molecule has 1 unspecified atom stereocenters. The molecule has 1 aromatic heterocycles. The van der Waals surface area contributed by atoms with E-state index in [1.54, 1.807) is 0 Å². The van der Waals surface area contributed by atoms with Crippen LogP contribution in [0.25, 0.3) is 0 Å². The molecule has 1 saturated heterocycles. The number of anilines is 1. The lowest BCUT2D eigenvalue weighted by atomic mass is 10.2. The third-order valence-corrected chi connectivity index (χ3v) is 4.35. The van der Waals surface area contributed by atoms with Gasteiger partial charge in [-0.1, -0.05) is 13.8 Å². The summed E-state index contributed by atoms with van der Waals surface area (Å²) in [7, 11) is 0. The molecule has 0 bridgehead atoms. The summed E-state index contributed by atoms with van der Waals surface area (Å²) in [6, 6.07) is 0.796. The Hall–Kier alpha value is -0.610. The van der Waals surface area contributed by atoms with Gasteiger partial charge in [0.05, 0.1) is 0 Å². The van der Waals surface area contributed by atoms with E-state index in [-0.39, 0.29) is 0 Å². The van der Waals surface area contributed by atoms with Gasteiger partial charge < -0.3 is 5.32 Å². The maximum atomic E-state index is 4.43. The molecule has 0 amide bonds. The molecule has 2 heterocycles. The highest BCUT2D eigenvalue weighted by Gasteiger charge is 2.23. The second kappa shape index (κ2) is 6.36. The van der Waals surface area contributed by atoms with Crippen LogP contribution < -0.4 is 5.32 Å². The van der Waals surface area contributed by atoms with Crippen molar-refractivity contribution >= 4 is 16.5 Å². The van der Waals surface area contributed by atoms with Crippen LogP contribution in [0.15, 0.2) is 6.20 Å². The topological polar surface area (TPSA) is 28.2 Å². The molecule has 1 N–H and O–H groups in total. The minimum absolute atomic E-state index is 0.796. The number of hydrogen-bond acceptors (Lipinski definition) is 4. The molecule has 3 nitrogen and oxygen atoms in total. The zero-order chi connectivity index (χ0) is 12.1. The molecular formula is C13H23N3S. The molecule has 0 radical (unpaired) electrons. The van der Waals surface area contributed by atoms with E-state index in [9.17, 15) is 0 Å². The predicted molar refractivity (Wildman–Crippen MR) is 74.6 cm³/mol. The normalized spacial score (nSPS) is 20.9. The number of rotatable bonds is 6. The van der Waals surface area contributed by atoms with Crippen LogP contribution in [0.4, 0.5) is 5.13 Å². The quantitative estimate of drug-likeness (QED) is 0.843. The number of likely N-dealkylation sites (tertiary alicyclic amines) is 1. The summed E-state index contributed by atoms with van der Waals surface area (Å²) in [5.74, 6) is 0. The summed E-state index contributed by atoms with van der Waals surface area (Å²) in [6.45, 7) is 7.84. The van der Waals surface area contributed by atoms with Gasteiger partial charge in [-0.15, -0.1) is 11.3 Å². The van der Waals surface area contributed by atoms with Crippen LogP contribution in [-0.4, -0.2) is 29.0 Å². The Morgan fingerprint density at radius 3 is 3.18 bits per heavy atom. The van der Waals surface area contributed by atoms with E-state index >= 15 is 0 Å². The van der Waals surface area contributed by atoms with Gasteiger partial charge in [-0.3, -0.25) is 4.90 Å². The minimum Gasteiger partial charge on any atom is -0.362 e. The molecule has 1 fully saturated rings. The van der Waals surface area contributed by atoms with Gasteiger partial charge in [0.25, 0.3) is 0 Å². The number of nitrogens with zero attached hydrogens (tertiary/aromatic N) is 2. The van der Waals surface area contributed by atoms with Crippen LogP contribution in [0, 0.1) is 0 Å². The van der Waals surface area contributed by atoms with Crippen LogP contribution in [0.5, 0.6) is 0 Å². The van der Waals surface area contributed by atoms with E-state index in [2.05, 4.69) is 29.0 Å². The number of hydrogen-bond donors (Lipinski definition) is 1. The Morgan fingerprint density at radius 1 is 1.53 bits per heavy atom. The Morgan fingerprint density at radius 2 is 2.41 bits per heavy atom. The van der Waals surface area contributed by atoms with Gasteiger partial charge in [-0.25, -0.2) is 4.98 Å². The first-order chi connectivity index (χ1) is 8.33. The van der Waals surface area contributed by atoms with Crippen molar-refractivity contribution in [2.24, 2.45) is 0 Å². The standard InChI is InChI=1S/C13H23N3S/c1-3-7-14-13-15-9-12(17-13)10-16-8-5-6-11(16)4-2/h9,11H,3-8,10H2,1-2H3,(H,14,15). The summed E-state index contributed by atoms with van der Waals surface area (Å²) in [4.78, 5) is 8.43. The van der Waals surface area contributed by atoms with Crippen molar-refractivity contribution in [2.75, 3.05) is 18.4 Å². The second-order valence-electron chi connectivity index (χ2n) is 4.73. The zero-order valence-corrected chi connectivity index (χ0v) is 11.7. The van der Waals surface area contributed by atoms with Crippen LogP contribution in [-0.2, 0) is 6.54 Å². The molecule has 0 spiro atoms. The van der Waals surface area contributed by atoms with Crippen LogP contribution in [0.1, 0.15) is 44.4 Å². The Labute approximate surface area is 108 Å². The van der Waals surface area contributed by atoms with Gasteiger partial charge in [0.15, 0.2) is 5.13 Å². The van der Waals surface area contributed by atoms with Crippen LogP contribution in [0.3, 0.4) is 0 Å². The average Bonchev–Trinajstić information content (AvgIpc) is 2.96. The third-order valence-electron chi connectivity index (χ3n) is 3.41. The first-order valence-corrected chi connectivity index (χ1v) is 7.57. The lowest BCUT2D eigenvalue weighted by molar-refractivity contribution is 0.242. The lowest BCUT2D eigenvalue weighted by Crippen LogP contribution is -2.27. The fourth-order valence-corrected chi connectivity index (χ4v) is 3.32. The molecule has 1 atom stereocenters. The smallest absolute Gasteiger partial charge is 0.182 e. The maximum Gasteiger partial charge on any atom is 0.182 e. The first kappa shape index (κ1) is 12.8. The Kier molecular flexibility index (Phi) is 4.80. The minimum atomic E-state index is 0.796. The molecule has 0 saturated carbocycles. The van der Waals surface area contributed by atoms with Crippen molar-refractivity contribution in [1.82, 2.24) is 9.88 Å². The van der Waals surface area contributed by atoms with Crippen molar-refractivity contribution in [3.63, 3.8) is 0 Å². The third kappa shape index (κ3) is 3.42. The molecule has 0 aromatic carbocycles. The van der Waals surface area contributed by atoms with Crippen molar-refractivity contribution < 1.29 is 0 Å².